The topological polar surface area (TPSA) is 64.4 Å². The van der Waals surface area contributed by atoms with E-state index in [9.17, 15) is 9.59 Å². The van der Waals surface area contributed by atoms with Crippen LogP contribution in [0.5, 0.6) is 0 Å². The Balaban J connectivity index is 1.59. The molecule has 6 nitrogen and oxygen atoms in total. The number of para-hydroxylation sites is 1. The number of fused-ring (bicyclic) bond motifs is 1. The van der Waals surface area contributed by atoms with Crippen molar-refractivity contribution in [2.45, 2.75) is 37.0 Å². The molecule has 0 N–H and O–H groups in total. The highest BCUT2D eigenvalue weighted by molar-refractivity contribution is 7.99. The number of methoxy groups -OCH3 is 1. The summed E-state index contributed by atoms with van der Waals surface area (Å²) in [5, 5.41) is 3.19. The second-order valence-electron chi connectivity index (χ2n) is 7.44. The Bertz CT molecular complexity index is 1080. The Labute approximate surface area is 183 Å². The zero-order valence-corrected chi connectivity index (χ0v) is 18.7. The molecule has 0 saturated carbocycles. The molecule has 1 saturated heterocycles. The molecule has 2 aromatic heterocycles. The van der Waals surface area contributed by atoms with Crippen LogP contribution in [0, 0.1) is 0 Å². The van der Waals surface area contributed by atoms with Gasteiger partial charge in [-0.3, -0.25) is 14.2 Å². The van der Waals surface area contributed by atoms with E-state index in [1.165, 1.54) is 16.6 Å². The van der Waals surface area contributed by atoms with Crippen molar-refractivity contribution in [1.82, 2.24) is 14.5 Å². The van der Waals surface area contributed by atoms with Crippen molar-refractivity contribution in [3.8, 4) is 0 Å². The minimum atomic E-state index is -0.178. The van der Waals surface area contributed by atoms with Gasteiger partial charge in [-0.05, 0) is 43.3 Å². The lowest BCUT2D eigenvalue weighted by molar-refractivity contribution is -0.129. The maximum absolute atomic E-state index is 13.1. The number of hydrogen-bond donors (Lipinski definition) is 0. The van der Waals surface area contributed by atoms with Gasteiger partial charge in [-0.1, -0.05) is 30.0 Å². The first kappa shape index (κ1) is 21.1. The monoisotopic (exact) mass is 443 g/mol. The number of benzene rings is 1. The summed E-state index contributed by atoms with van der Waals surface area (Å²) in [6.07, 6.45) is 2.02. The molecule has 0 aliphatic carbocycles. The smallest absolute Gasteiger partial charge is 0.262 e. The van der Waals surface area contributed by atoms with Gasteiger partial charge in [0.1, 0.15) is 0 Å². The fraction of sp³-hybridized carbons (Fsp3) is 0.409. The summed E-state index contributed by atoms with van der Waals surface area (Å²) < 4.78 is 6.93. The van der Waals surface area contributed by atoms with Crippen LogP contribution in [-0.2, 0) is 9.53 Å². The highest BCUT2D eigenvalue weighted by Crippen LogP contribution is 2.35. The maximum atomic E-state index is 13.1. The molecule has 1 fully saturated rings. The summed E-state index contributed by atoms with van der Waals surface area (Å²) in [4.78, 5) is 34.1. The van der Waals surface area contributed by atoms with Gasteiger partial charge in [0, 0.05) is 18.5 Å². The number of rotatable bonds is 7. The molecule has 2 atom stereocenters. The number of carbonyl (C=O) groups is 1. The van der Waals surface area contributed by atoms with E-state index >= 15 is 0 Å². The Morgan fingerprint density at radius 2 is 2.17 bits per heavy atom. The Morgan fingerprint density at radius 3 is 2.93 bits per heavy atom. The predicted molar refractivity (Wildman–Crippen MR) is 121 cm³/mol. The fourth-order valence-corrected chi connectivity index (χ4v) is 5.84. The molecule has 158 valence electrons. The van der Waals surface area contributed by atoms with E-state index in [0.29, 0.717) is 22.7 Å². The van der Waals surface area contributed by atoms with Gasteiger partial charge in [0.2, 0.25) is 5.91 Å². The lowest BCUT2D eigenvalue weighted by Gasteiger charge is -2.24. The number of ether oxygens (including phenoxy) is 1. The zero-order chi connectivity index (χ0) is 21.1. The standard InChI is InChI=1S/C22H25N3O3S2/c1-15(13-28-2)25-21(27)16-7-3-4-8-17(16)23-22(25)30-14-20(26)24-11-5-9-18(24)19-10-6-12-29-19/h3-4,6-8,10,12,15,18H,5,9,11,13-14H2,1-2H3/t15-,18+/m1/s1. The zero-order valence-electron chi connectivity index (χ0n) is 17.1. The highest BCUT2D eigenvalue weighted by Gasteiger charge is 2.30. The fourth-order valence-electron chi connectivity index (χ4n) is 3.98. The van der Waals surface area contributed by atoms with Gasteiger partial charge in [-0.25, -0.2) is 4.98 Å². The van der Waals surface area contributed by atoms with Gasteiger partial charge in [0.25, 0.3) is 5.56 Å². The third kappa shape index (κ3) is 4.17. The van der Waals surface area contributed by atoms with Gasteiger partial charge in [-0.2, -0.15) is 0 Å². The SMILES string of the molecule is COC[C@@H](C)n1c(SCC(=O)N2CCC[C@H]2c2cccs2)nc2ccccc2c1=O. The van der Waals surface area contributed by atoms with Crippen molar-refractivity contribution in [1.29, 1.82) is 0 Å². The molecule has 0 radical (unpaired) electrons. The molecule has 3 aromatic rings. The van der Waals surface area contributed by atoms with E-state index in [0.717, 1.165) is 19.4 Å². The summed E-state index contributed by atoms with van der Waals surface area (Å²) in [6.45, 7) is 3.11. The average molecular weight is 444 g/mol. The van der Waals surface area contributed by atoms with Crippen molar-refractivity contribution < 1.29 is 9.53 Å². The summed E-state index contributed by atoms with van der Waals surface area (Å²) in [6, 6.07) is 11.4. The van der Waals surface area contributed by atoms with E-state index < -0.39 is 0 Å². The van der Waals surface area contributed by atoms with Crippen LogP contribution in [0.1, 0.15) is 36.7 Å². The van der Waals surface area contributed by atoms with E-state index in [1.54, 1.807) is 29.1 Å². The minimum Gasteiger partial charge on any atom is -0.383 e. The molecule has 0 spiro atoms. The molecule has 1 amide bonds. The molecule has 8 heteroatoms. The summed E-state index contributed by atoms with van der Waals surface area (Å²) in [5.41, 5.74) is 0.550. The molecular formula is C22H25N3O3S2. The van der Waals surface area contributed by atoms with Gasteiger partial charge in [0.15, 0.2) is 5.16 Å². The van der Waals surface area contributed by atoms with E-state index in [4.69, 9.17) is 9.72 Å². The van der Waals surface area contributed by atoms with Crippen molar-refractivity contribution in [3.63, 3.8) is 0 Å². The molecule has 30 heavy (non-hydrogen) atoms. The van der Waals surface area contributed by atoms with Gasteiger partial charge in [-0.15, -0.1) is 11.3 Å². The van der Waals surface area contributed by atoms with Crippen molar-refractivity contribution in [3.05, 3.63) is 57.0 Å². The highest BCUT2D eigenvalue weighted by atomic mass is 32.2. The second-order valence-corrected chi connectivity index (χ2v) is 9.36. The molecule has 1 aliphatic heterocycles. The van der Waals surface area contributed by atoms with Crippen LogP contribution in [0.3, 0.4) is 0 Å². The number of carbonyl (C=O) groups excluding carboxylic acids is 1. The average Bonchev–Trinajstić information content (AvgIpc) is 3.43. The summed E-state index contributed by atoms with van der Waals surface area (Å²) >= 11 is 3.03. The molecular weight excluding hydrogens is 418 g/mol. The first-order valence-electron chi connectivity index (χ1n) is 10.1. The summed E-state index contributed by atoms with van der Waals surface area (Å²) in [5.74, 6) is 0.344. The van der Waals surface area contributed by atoms with Gasteiger partial charge in [0.05, 0.1) is 35.3 Å². The first-order chi connectivity index (χ1) is 14.6. The maximum Gasteiger partial charge on any atom is 0.262 e. The van der Waals surface area contributed by atoms with E-state index in [2.05, 4.69) is 11.4 Å². The number of likely N-dealkylation sites (tertiary alicyclic amines) is 1. The quantitative estimate of drug-likeness (QED) is 0.406. The molecule has 4 rings (SSSR count). The van der Waals surface area contributed by atoms with E-state index in [1.807, 2.05) is 36.1 Å². The van der Waals surface area contributed by atoms with Gasteiger partial charge >= 0.3 is 0 Å². The second kappa shape index (κ2) is 9.32. The number of hydrogen-bond acceptors (Lipinski definition) is 6. The molecule has 1 aliphatic rings. The molecule has 0 bridgehead atoms. The van der Waals surface area contributed by atoms with Crippen molar-refractivity contribution >= 4 is 39.9 Å². The lowest BCUT2D eigenvalue weighted by Crippen LogP contribution is -2.32. The van der Waals surface area contributed by atoms with Crippen LogP contribution in [0.4, 0.5) is 0 Å². The summed E-state index contributed by atoms with van der Waals surface area (Å²) in [7, 11) is 1.62. The number of amides is 1. The van der Waals surface area contributed by atoms with Crippen LogP contribution >= 0.6 is 23.1 Å². The van der Waals surface area contributed by atoms with Crippen LogP contribution in [-0.4, -0.2) is 46.4 Å². The van der Waals surface area contributed by atoms with Gasteiger partial charge < -0.3 is 9.64 Å². The van der Waals surface area contributed by atoms with Crippen LogP contribution in [0.25, 0.3) is 10.9 Å². The minimum absolute atomic E-state index is 0.0873. The van der Waals surface area contributed by atoms with E-state index in [-0.39, 0.29) is 29.3 Å². The lowest BCUT2D eigenvalue weighted by atomic mass is 10.2. The molecule has 1 aromatic carbocycles. The largest absolute Gasteiger partial charge is 0.383 e. The molecule has 3 heterocycles. The van der Waals surface area contributed by atoms with Crippen molar-refractivity contribution in [2.24, 2.45) is 0 Å². The number of thiophene rings is 1. The van der Waals surface area contributed by atoms with Crippen LogP contribution in [0.15, 0.2) is 51.7 Å². The van der Waals surface area contributed by atoms with Crippen LogP contribution < -0.4 is 5.56 Å². The Morgan fingerprint density at radius 1 is 1.33 bits per heavy atom. The van der Waals surface area contributed by atoms with Crippen molar-refractivity contribution in [2.75, 3.05) is 26.0 Å². The Hall–Kier alpha value is -2.16. The third-order valence-electron chi connectivity index (χ3n) is 5.39. The number of thioether (sulfide) groups is 1. The van der Waals surface area contributed by atoms with Crippen LogP contribution in [0.2, 0.25) is 0 Å². The number of nitrogens with zero attached hydrogens (tertiary/aromatic N) is 3. The predicted octanol–water partition coefficient (Wildman–Crippen LogP) is 4.12. The molecule has 0 unspecified atom stereocenters. The first-order valence-corrected chi connectivity index (χ1v) is 11.9. The third-order valence-corrected chi connectivity index (χ3v) is 7.30. The number of aromatic nitrogens is 2. The normalized spacial score (nSPS) is 17.5. The Kier molecular flexibility index (Phi) is 6.55.